The smallest absolute Gasteiger partial charge is 0.320 e. The van der Waals surface area contributed by atoms with E-state index < -0.39 is 29.6 Å². The Kier molecular flexibility index (Phi) is 6.02. The molecule has 22 heavy (non-hydrogen) atoms. The van der Waals surface area contributed by atoms with Crippen LogP contribution in [0.15, 0.2) is 29.4 Å². The van der Waals surface area contributed by atoms with Crippen molar-refractivity contribution >= 4 is 23.6 Å². The van der Waals surface area contributed by atoms with E-state index in [1.165, 1.54) is 24.3 Å². The molecular formula is C13H14N3O6. The van der Waals surface area contributed by atoms with Gasteiger partial charge in [0.1, 0.15) is 11.8 Å². The molecule has 1 aromatic carbocycles. The van der Waals surface area contributed by atoms with Crippen molar-refractivity contribution in [1.29, 1.82) is 0 Å². The molecule has 0 fully saturated rings. The van der Waals surface area contributed by atoms with Crippen LogP contribution in [0.3, 0.4) is 0 Å². The van der Waals surface area contributed by atoms with Gasteiger partial charge >= 0.3 is 11.9 Å². The second-order valence-corrected chi connectivity index (χ2v) is 4.26. The number of hydrogen-bond donors (Lipinski definition) is 3. The number of carboxylic acids is 1. The van der Waals surface area contributed by atoms with Crippen LogP contribution in [0.5, 0.6) is 5.75 Å². The van der Waals surface area contributed by atoms with Gasteiger partial charge in [-0.3, -0.25) is 20.1 Å². The first-order valence-electron chi connectivity index (χ1n) is 6.12. The van der Waals surface area contributed by atoms with Crippen molar-refractivity contribution in [3.63, 3.8) is 0 Å². The zero-order chi connectivity index (χ0) is 16.7. The van der Waals surface area contributed by atoms with Crippen LogP contribution in [0.1, 0.15) is 18.4 Å². The first kappa shape index (κ1) is 17.1. The van der Waals surface area contributed by atoms with E-state index in [0.717, 1.165) is 0 Å². The Labute approximate surface area is 125 Å². The highest BCUT2D eigenvalue weighted by atomic mass is 16.5. The number of esters is 1. The van der Waals surface area contributed by atoms with Gasteiger partial charge in [-0.25, -0.2) is 0 Å². The van der Waals surface area contributed by atoms with Crippen LogP contribution >= 0.6 is 0 Å². The Morgan fingerprint density at radius 1 is 1.27 bits per heavy atom. The average Bonchev–Trinajstić information content (AvgIpc) is 2.46. The summed E-state index contributed by atoms with van der Waals surface area (Å²) < 4.78 is 4.95. The first-order chi connectivity index (χ1) is 10.3. The fourth-order valence-electron chi connectivity index (χ4n) is 1.49. The fraction of sp³-hybridized carbons (Fsp3) is 0.231. The normalized spacial score (nSPS) is 12.5. The lowest BCUT2D eigenvalue weighted by Gasteiger charge is -2.07. The molecule has 0 saturated carbocycles. The Morgan fingerprint density at radius 2 is 1.86 bits per heavy atom. The van der Waals surface area contributed by atoms with Crippen molar-refractivity contribution in [2.45, 2.75) is 18.9 Å². The quantitative estimate of drug-likeness (QED) is 0.206. The highest BCUT2D eigenvalue weighted by Crippen LogP contribution is 2.14. The number of oxime groups is 1. The molecule has 0 unspecified atom stereocenters. The molecule has 1 atom stereocenters. The molecule has 0 spiro atoms. The number of nitrogens with two attached hydrogens (primary N) is 1. The van der Waals surface area contributed by atoms with E-state index in [4.69, 9.17) is 26.5 Å². The van der Waals surface area contributed by atoms with Crippen molar-refractivity contribution < 1.29 is 29.4 Å². The topological polar surface area (TPSA) is 163 Å². The van der Waals surface area contributed by atoms with Gasteiger partial charge in [0.25, 0.3) is 5.91 Å². The van der Waals surface area contributed by atoms with Gasteiger partial charge in [-0.2, -0.15) is 0 Å². The van der Waals surface area contributed by atoms with E-state index in [2.05, 4.69) is 5.16 Å². The molecule has 1 aromatic rings. The van der Waals surface area contributed by atoms with Crippen LogP contribution < -0.4 is 16.2 Å². The molecule has 0 aliphatic rings. The van der Waals surface area contributed by atoms with Gasteiger partial charge in [-0.1, -0.05) is 5.16 Å². The van der Waals surface area contributed by atoms with E-state index in [9.17, 15) is 14.4 Å². The number of carbonyl (C=O) groups excluding carboxylic acids is 2. The van der Waals surface area contributed by atoms with Crippen molar-refractivity contribution in [3.8, 4) is 5.75 Å². The molecular weight excluding hydrogens is 294 g/mol. The molecule has 1 amide bonds. The SMILES string of the molecule is [NH]C(=O)C(=NO)c1ccc(OC(=O)CC[C@@H](N)C(=O)O)cc1. The lowest BCUT2D eigenvalue weighted by molar-refractivity contribution is -0.139. The Balaban J connectivity index is 2.63. The van der Waals surface area contributed by atoms with E-state index >= 15 is 0 Å². The zero-order valence-electron chi connectivity index (χ0n) is 11.4. The summed E-state index contributed by atoms with van der Waals surface area (Å²) in [6, 6.07) is 4.23. The van der Waals surface area contributed by atoms with Gasteiger partial charge in [-0.05, 0) is 30.7 Å². The number of amides is 1. The average molecular weight is 308 g/mol. The maximum atomic E-state index is 11.5. The zero-order valence-corrected chi connectivity index (χ0v) is 11.4. The van der Waals surface area contributed by atoms with E-state index in [1.807, 2.05) is 0 Å². The molecule has 0 aromatic heterocycles. The minimum Gasteiger partial charge on any atom is -0.480 e. The van der Waals surface area contributed by atoms with Crippen LogP contribution in [0, 0.1) is 0 Å². The number of benzene rings is 1. The predicted molar refractivity (Wildman–Crippen MR) is 73.3 cm³/mol. The molecule has 0 bridgehead atoms. The number of carbonyl (C=O) groups is 3. The summed E-state index contributed by atoms with van der Waals surface area (Å²) in [5.41, 5.74) is 11.9. The third kappa shape index (κ3) is 4.87. The summed E-state index contributed by atoms with van der Waals surface area (Å²) in [4.78, 5) is 32.9. The van der Waals surface area contributed by atoms with E-state index in [1.54, 1.807) is 0 Å². The number of rotatable bonds is 7. The van der Waals surface area contributed by atoms with Gasteiger partial charge < -0.3 is 20.8 Å². The highest BCUT2D eigenvalue weighted by Gasteiger charge is 2.15. The largest absolute Gasteiger partial charge is 0.480 e. The number of carboxylic acid groups (broad SMARTS) is 1. The summed E-state index contributed by atoms with van der Waals surface area (Å²) >= 11 is 0. The molecule has 0 aliphatic carbocycles. The summed E-state index contributed by atoms with van der Waals surface area (Å²) in [5.74, 6) is -2.85. The summed E-state index contributed by atoms with van der Waals surface area (Å²) in [5, 5.41) is 19.9. The summed E-state index contributed by atoms with van der Waals surface area (Å²) in [6.45, 7) is 0. The van der Waals surface area contributed by atoms with E-state index in [-0.39, 0.29) is 24.2 Å². The molecule has 0 heterocycles. The maximum Gasteiger partial charge on any atom is 0.320 e. The number of nitrogens with one attached hydrogen (secondary N) is 1. The van der Waals surface area contributed by atoms with Crippen molar-refractivity contribution in [2.75, 3.05) is 0 Å². The van der Waals surface area contributed by atoms with Gasteiger partial charge in [0.2, 0.25) is 0 Å². The highest BCUT2D eigenvalue weighted by molar-refractivity contribution is 6.44. The number of hydrogen-bond acceptors (Lipinski definition) is 7. The molecule has 0 saturated heterocycles. The molecule has 117 valence electrons. The fourth-order valence-corrected chi connectivity index (χ4v) is 1.49. The minimum absolute atomic E-state index is 0.0546. The Morgan fingerprint density at radius 3 is 2.32 bits per heavy atom. The molecule has 1 radical (unpaired) electrons. The summed E-state index contributed by atoms with van der Waals surface area (Å²) in [7, 11) is 0. The first-order valence-corrected chi connectivity index (χ1v) is 6.12. The molecule has 1 rings (SSSR count). The van der Waals surface area contributed by atoms with Gasteiger partial charge in [0, 0.05) is 12.0 Å². The van der Waals surface area contributed by atoms with Crippen molar-refractivity contribution in [1.82, 2.24) is 5.73 Å². The lowest BCUT2D eigenvalue weighted by atomic mass is 10.1. The molecule has 9 nitrogen and oxygen atoms in total. The third-order valence-electron chi connectivity index (χ3n) is 2.65. The third-order valence-corrected chi connectivity index (χ3v) is 2.65. The van der Waals surface area contributed by atoms with Gasteiger partial charge in [0.05, 0.1) is 0 Å². The van der Waals surface area contributed by atoms with Crippen LogP contribution in [0.2, 0.25) is 0 Å². The molecule has 9 heteroatoms. The monoisotopic (exact) mass is 308 g/mol. The van der Waals surface area contributed by atoms with Crippen molar-refractivity contribution in [2.24, 2.45) is 10.9 Å². The predicted octanol–water partition coefficient (Wildman–Crippen LogP) is -0.228. The second kappa shape index (κ2) is 7.74. The van der Waals surface area contributed by atoms with Crippen LogP contribution in [-0.4, -0.2) is 39.9 Å². The van der Waals surface area contributed by atoms with Gasteiger partial charge in [0.15, 0.2) is 5.71 Å². The van der Waals surface area contributed by atoms with Crippen LogP contribution in [-0.2, 0) is 14.4 Å². The number of ether oxygens (including phenoxy) is 1. The van der Waals surface area contributed by atoms with Crippen molar-refractivity contribution in [3.05, 3.63) is 29.8 Å². The number of aliphatic carboxylic acids is 1. The lowest BCUT2D eigenvalue weighted by Crippen LogP contribution is -2.31. The van der Waals surface area contributed by atoms with Crippen LogP contribution in [0.4, 0.5) is 0 Å². The van der Waals surface area contributed by atoms with E-state index in [0.29, 0.717) is 0 Å². The molecule has 5 N–H and O–H groups in total. The maximum absolute atomic E-state index is 11.5. The molecule has 0 aliphatic heterocycles. The van der Waals surface area contributed by atoms with Gasteiger partial charge in [-0.15, -0.1) is 0 Å². The minimum atomic E-state index is -1.20. The summed E-state index contributed by atoms with van der Waals surface area (Å²) in [6.07, 6.45) is -0.218. The Hall–Kier alpha value is -2.94. The van der Waals surface area contributed by atoms with Crippen LogP contribution in [0.25, 0.3) is 0 Å². The second-order valence-electron chi connectivity index (χ2n) is 4.26. The Bertz CT molecular complexity index is 596. The standard InChI is InChI=1S/C13H14N3O6/c14-9(13(19)20)5-6-10(17)22-8-3-1-7(2-4-8)11(16-21)12(15)18/h1-4,9,15,21H,5-6,14H2,(H,19,20)/t9-/m1/s1. The number of nitrogens with zero attached hydrogens (tertiary/aromatic N) is 1.